The first-order chi connectivity index (χ1) is 8.75. The molecule has 1 N–H and O–H groups in total. The van der Waals surface area contributed by atoms with Gasteiger partial charge in [-0.3, -0.25) is 4.40 Å². The minimum absolute atomic E-state index is 0.621. The molecule has 1 saturated carbocycles. The van der Waals surface area contributed by atoms with Gasteiger partial charge in [-0.25, -0.2) is 4.98 Å². The highest BCUT2D eigenvalue weighted by Crippen LogP contribution is 2.27. The standard InChI is InChI=1S/C14H21N3S/c1-10(12-5-3-4-6-12)15-9-13-11(2)16-14-17(13)7-8-18-14/h7-8,10,12,15H,3-6,9H2,1-2H3. The fourth-order valence-electron chi connectivity index (χ4n) is 3.04. The van der Waals surface area contributed by atoms with Gasteiger partial charge in [0.15, 0.2) is 4.96 Å². The molecule has 98 valence electrons. The van der Waals surface area contributed by atoms with Crippen molar-refractivity contribution in [2.24, 2.45) is 5.92 Å². The van der Waals surface area contributed by atoms with Crippen molar-refractivity contribution in [3.8, 4) is 0 Å². The highest BCUT2D eigenvalue weighted by atomic mass is 32.1. The summed E-state index contributed by atoms with van der Waals surface area (Å²) in [6, 6.07) is 0.621. The molecule has 4 heteroatoms. The zero-order chi connectivity index (χ0) is 12.5. The average Bonchev–Trinajstić information content (AvgIpc) is 3.02. The van der Waals surface area contributed by atoms with Gasteiger partial charge in [0.2, 0.25) is 0 Å². The van der Waals surface area contributed by atoms with E-state index in [1.165, 1.54) is 31.4 Å². The highest BCUT2D eigenvalue weighted by molar-refractivity contribution is 7.15. The molecule has 1 fully saturated rings. The molecule has 0 radical (unpaired) electrons. The molecule has 2 heterocycles. The van der Waals surface area contributed by atoms with Gasteiger partial charge in [0, 0.05) is 24.2 Å². The number of hydrogen-bond donors (Lipinski definition) is 1. The summed E-state index contributed by atoms with van der Waals surface area (Å²) in [7, 11) is 0. The number of nitrogens with zero attached hydrogens (tertiary/aromatic N) is 2. The number of imidazole rings is 1. The molecular weight excluding hydrogens is 242 g/mol. The molecule has 1 unspecified atom stereocenters. The van der Waals surface area contributed by atoms with Crippen LogP contribution < -0.4 is 5.32 Å². The quantitative estimate of drug-likeness (QED) is 0.916. The highest BCUT2D eigenvalue weighted by Gasteiger charge is 2.21. The van der Waals surface area contributed by atoms with Crippen LogP contribution in [0.15, 0.2) is 11.6 Å². The Bertz CT molecular complexity index is 522. The van der Waals surface area contributed by atoms with Crippen LogP contribution in [-0.4, -0.2) is 15.4 Å². The molecule has 1 aliphatic rings. The third-order valence-electron chi connectivity index (χ3n) is 4.26. The maximum absolute atomic E-state index is 4.59. The molecule has 3 nitrogen and oxygen atoms in total. The molecule has 2 aromatic rings. The van der Waals surface area contributed by atoms with E-state index in [9.17, 15) is 0 Å². The second-order valence-electron chi connectivity index (χ2n) is 5.41. The van der Waals surface area contributed by atoms with Crippen molar-refractivity contribution in [1.29, 1.82) is 0 Å². The van der Waals surface area contributed by atoms with E-state index in [0.29, 0.717) is 6.04 Å². The van der Waals surface area contributed by atoms with E-state index in [-0.39, 0.29) is 0 Å². The first kappa shape index (κ1) is 12.2. The second-order valence-corrected chi connectivity index (χ2v) is 6.29. The molecule has 0 spiro atoms. The number of rotatable bonds is 4. The van der Waals surface area contributed by atoms with Crippen molar-refractivity contribution in [2.75, 3.05) is 0 Å². The summed E-state index contributed by atoms with van der Waals surface area (Å²) in [5.41, 5.74) is 2.48. The summed E-state index contributed by atoms with van der Waals surface area (Å²) in [5.74, 6) is 0.871. The summed E-state index contributed by atoms with van der Waals surface area (Å²) in [6.07, 6.45) is 7.74. The zero-order valence-corrected chi connectivity index (χ0v) is 12.0. The van der Waals surface area contributed by atoms with E-state index in [1.807, 2.05) is 0 Å². The van der Waals surface area contributed by atoms with E-state index in [0.717, 1.165) is 23.1 Å². The van der Waals surface area contributed by atoms with Crippen LogP contribution in [0.4, 0.5) is 0 Å². The smallest absolute Gasteiger partial charge is 0.194 e. The van der Waals surface area contributed by atoms with E-state index in [2.05, 4.69) is 40.1 Å². The number of aryl methyl sites for hydroxylation is 1. The van der Waals surface area contributed by atoms with Crippen molar-refractivity contribution in [2.45, 2.75) is 52.1 Å². The molecule has 3 rings (SSSR count). The monoisotopic (exact) mass is 263 g/mol. The zero-order valence-electron chi connectivity index (χ0n) is 11.1. The van der Waals surface area contributed by atoms with E-state index in [1.54, 1.807) is 11.3 Å². The Hall–Kier alpha value is -0.870. The molecule has 0 saturated heterocycles. The lowest BCUT2D eigenvalue weighted by molar-refractivity contribution is 0.378. The third kappa shape index (κ3) is 2.19. The van der Waals surface area contributed by atoms with Crippen molar-refractivity contribution < 1.29 is 0 Å². The van der Waals surface area contributed by atoms with Crippen molar-refractivity contribution in [1.82, 2.24) is 14.7 Å². The van der Waals surface area contributed by atoms with Crippen molar-refractivity contribution in [3.63, 3.8) is 0 Å². The Labute approximate surface area is 112 Å². The summed E-state index contributed by atoms with van der Waals surface area (Å²) >= 11 is 1.71. The molecule has 0 bridgehead atoms. The molecule has 0 aromatic carbocycles. The fraction of sp³-hybridized carbons (Fsp3) is 0.643. The van der Waals surface area contributed by atoms with Gasteiger partial charge < -0.3 is 5.32 Å². The number of fused-ring (bicyclic) bond motifs is 1. The normalized spacial score (nSPS) is 18.8. The third-order valence-corrected chi connectivity index (χ3v) is 5.02. The first-order valence-corrected chi connectivity index (χ1v) is 7.78. The predicted molar refractivity (Wildman–Crippen MR) is 76.1 cm³/mol. The molecule has 18 heavy (non-hydrogen) atoms. The van der Waals surface area contributed by atoms with Crippen LogP contribution in [0.1, 0.15) is 44.0 Å². The summed E-state index contributed by atoms with van der Waals surface area (Å²) in [6.45, 7) is 5.37. The minimum atomic E-state index is 0.621. The van der Waals surface area contributed by atoms with Gasteiger partial charge in [-0.1, -0.05) is 12.8 Å². The lowest BCUT2D eigenvalue weighted by Gasteiger charge is -2.20. The van der Waals surface area contributed by atoms with Crippen LogP contribution in [0.3, 0.4) is 0 Å². The SMILES string of the molecule is Cc1nc2sccn2c1CNC(C)C1CCCC1. The summed E-state index contributed by atoms with van der Waals surface area (Å²) in [5, 5.41) is 5.80. The van der Waals surface area contributed by atoms with Gasteiger partial charge in [-0.2, -0.15) is 0 Å². The first-order valence-electron chi connectivity index (χ1n) is 6.90. The van der Waals surface area contributed by atoms with Crippen LogP contribution in [0.2, 0.25) is 0 Å². The van der Waals surface area contributed by atoms with Crippen molar-refractivity contribution >= 4 is 16.3 Å². The Morgan fingerprint density at radius 2 is 2.28 bits per heavy atom. The number of aromatic nitrogens is 2. The van der Waals surface area contributed by atoms with Gasteiger partial charge >= 0.3 is 0 Å². The largest absolute Gasteiger partial charge is 0.308 e. The van der Waals surface area contributed by atoms with Crippen LogP contribution in [0, 0.1) is 12.8 Å². The summed E-state index contributed by atoms with van der Waals surface area (Å²) < 4.78 is 2.22. The van der Waals surface area contributed by atoms with Gasteiger partial charge in [0.25, 0.3) is 0 Å². The van der Waals surface area contributed by atoms with Crippen LogP contribution >= 0.6 is 11.3 Å². The molecule has 1 atom stereocenters. The van der Waals surface area contributed by atoms with Crippen LogP contribution in [0.25, 0.3) is 4.96 Å². The Morgan fingerprint density at radius 3 is 3.06 bits per heavy atom. The molecule has 2 aromatic heterocycles. The lowest BCUT2D eigenvalue weighted by Crippen LogP contribution is -2.32. The Balaban J connectivity index is 1.68. The second kappa shape index (κ2) is 5.02. The van der Waals surface area contributed by atoms with Gasteiger partial charge in [0.05, 0.1) is 11.4 Å². The Morgan fingerprint density at radius 1 is 1.50 bits per heavy atom. The van der Waals surface area contributed by atoms with Gasteiger partial charge in [-0.05, 0) is 32.6 Å². The molecule has 0 aliphatic heterocycles. The van der Waals surface area contributed by atoms with Gasteiger partial charge in [-0.15, -0.1) is 11.3 Å². The maximum Gasteiger partial charge on any atom is 0.194 e. The molecular formula is C14H21N3S. The fourth-order valence-corrected chi connectivity index (χ4v) is 3.81. The van der Waals surface area contributed by atoms with E-state index in [4.69, 9.17) is 0 Å². The van der Waals surface area contributed by atoms with E-state index >= 15 is 0 Å². The van der Waals surface area contributed by atoms with Crippen LogP contribution in [-0.2, 0) is 6.54 Å². The lowest BCUT2D eigenvalue weighted by atomic mass is 10.00. The van der Waals surface area contributed by atoms with Crippen LogP contribution in [0.5, 0.6) is 0 Å². The number of hydrogen-bond acceptors (Lipinski definition) is 3. The predicted octanol–water partition coefficient (Wildman–Crippen LogP) is 3.37. The number of nitrogens with one attached hydrogen (secondary N) is 1. The Kier molecular flexibility index (Phi) is 3.39. The number of thiazole rings is 1. The average molecular weight is 263 g/mol. The van der Waals surface area contributed by atoms with Gasteiger partial charge in [0.1, 0.15) is 0 Å². The molecule has 1 aliphatic carbocycles. The summed E-state index contributed by atoms with van der Waals surface area (Å²) in [4.78, 5) is 5.70. The van der Waals surface area contributed by atoms with Crippen molar-refractivity contribution in [3.05, 3.63) is 23.0 Å². The topological polar surface area (TPSA) is 29.3 Å². The molecule has 0 amide bonds. The maximum atomic E-state index is 4.59. The van der Waals surface area contributed by atoms with E-state index < -0.39 is 0 Å². The minimum Gasteiger partial charge on any atom is -0.308 e.